The molecule has 0 aliphatic rings. The van der Waals surface area contributed by atoms with E-state index in [-0.39, 0.29) is 27.1 Å². The number of anilines is 2. The van der Waals surface area contributed by atoms with E-state index in [9.17, 15) is 13.2 Å². The molecule has 4 N–H and O–H groups in total. The van der Waals surface area contributed by atoms with Gasteiger partial charge in [0.05, 0.1) is 11.4 Å². The number of hydrogen-bond acceptors (Lipinski definition) is 4. The van der Waals surface area contributed by atoms with Gasteiger partial charge >= 0.3 is 0 Å². The van der Waals surface area contributed by atoms with Crippen molar-refractivity contribution in [1.29, 1.82) is 5.41 Å². The highest BCUT2D eigenvalue weighted by Crippen LogP contribution is 2.30. The first-order valence-corrected chi connectivity index (χ1v) is 8.23. The fourth-order valence-electron chi connectivity index (χ4n) is 2.07. The van der Waals surface area contributed by atoms with Crippen LogP contribution in [0.4, 0.5) is 24.5 Å². The molecule has 0 spiro atoms. The summed E-state index contributed by atoms with van der Waals surface area (Å²) in [5, 5.41) is 10.6. The van der Waals surface area contributed by atoms with Crippen molar-refractivity contribution in [3.63, 3.8) is 0 Å². The monoisotopic (exact) mass is 366 g/mol. The lowest BCUT2D eigenvalue weighted by molar-refractivity contribution is 0.511. The molecule has 25 heavy (non-hydrogen) atoms. The number of nitrogens with zero attached hydrogens (tertiary/aromatic N) is 1. The fourth-order valence-corrected chi connectivity index (χ4v) is 2.75. The molecule has 0 aromatic heterocycles. The highest BCUT2D eigenvalue weighted by atomic mass is 32.2. The Kier molecular flexibility index (Phi) is 6.08. The molecule has 0 saturated carbocycles. The lowest BCUT2D eigenvalue weighted by Crippen LogP contribution is -2.13. The number of benzene rings is 2. The van der Waals surface area contributed by atoms with Crippen molar-refractivity contribution in [1.82, 2.24) is 0 Å². The van der Waals surface area contributed by atoms with Crippen LogP contribution in [-0.4, -0.2) is 16.8 Å². The second-order valence-electron chi connectivity index (χ2n) is 5.14. The summed E-state index contributed by atoms with van der Waals surface area (Å²) < 4.78 is 42.0. The highest BCUT2D eigenvalue weighted by molar-refractivity contribution is 8.26. The van der Waals surface area contributed by atoms with E-state index in [0.717, 1.165) is 17.8 Å². The van der Waals surface area contributed by atoms with Gasteiger partial charge in [-0.15, -0.1) is 0 Å². The average Bonchev–Trinajstić information content (AvgIpc) is 2.54. The second kappa shape index (κ2) is 8.06. The zero-order chi connectivity index (χ0) is 18.6. The van der Waals surface area contributed by atoms with Crippen molar-refractivity contribution < 1.29 is 13.2 Å². The van der Waals surface area contributed by atoms with Gasteiger partial charge in [-0.05, 0) is 55.4 Å². The van der Waals surface area contributed by atoms with Crippen LogP contribution in [-0.2, 0) is 0 Å². The summed E-state index contributed by atoms with van der Waals surface area (Å²) in [6, 6.07) is 6.47. The molecule has 0 atom stereocenters. The summed E-state index contributed by atoms with van der Waals surface area (Å²) >= 11 is 0.811. The van der Waals surface area contributed by atoms with Gasteiger partial charge in [0.1, 0.15) is 10.9 Å². The van der Waals surface area contributed by atoms with Crippen LogP contribution < -0.4 is 11.1 Å². The van der Waals surface area contributed by atoms with E-state index in [1.54, 1.807) is 19.9 Å². The van der Waals surface area contributed by atoms with E-state index in [2.05, 4.69) is 10.3 Å². The van der Waals surface area contributed by atoms with Gasteiger partial charge in [-0.1, -0.05) is 6.07 Å². The third-order valence-electron chi connectivity index (χ3n) is 3.24. The van der Waals surface area contributed by atoms with E-state index in [1.165, 1.54) is 18.2 Å². The lowest BCUT2D eigenvalue weighted by Gasteiger charge is -2.15. The topological polar surface area (TPSA) is 74.3 Å². The van der Waals surface area contributed by atoms with Crippen LogP contribution >= 0.6 is 11.8 Å². The van der Waals surface area contributed by atoms with Crippen LogP contribution in [0, 0.1) is 29.8 Å². The molecule has 0 saturated heterocycles. The minimum Gasteiger partial charge on any atom is -0.378 e. The Morgan fingerprint density at radius 2 is 1.92 bits per heavy atom. The van der Waals surface area contributed by atoms with E-state index in [0.29, 0.717) is 12.1 Å². The van der Waals surface area contributed by atoms with Crippen LogP contribution in [0.5, 0.6) is 0 Å². The number of aryl methyl sites for hydroxylation is 1. The third kappa shape index (κ3) is 4.54. The van der Waals surface area contributed by atoms with E-state index >= 15 is 0 Å². The molecule has 0 heterocycles. The van der Waals surface area contributed by atoms with Gasteiger partial charge < -0.3 is 11.1 Å². The molecule has 2 rings (SSSR count). The largest absolute Gasteiger partial charge is 0.378 e. The van der Waals surface area contributed by atoms with Gasteiger partial charge in [-0.3, -0.25) is 10.4 Å². The maximum atomic E-state index is 14.3. The Morgan fingerprint density at radius 3 is 2.56 bits per heavy atom. The lowest BCUT2D eigenvalue weighted by atomic mass is 10.1. The van der Waals surface area contributed by atoms with E-state index < -0.39 is 17.5 Å². The van der Waals surface area contributed by atoms with Crippen LogP contribution in [0.15, 0.2) is 35.3 Å². The van der Waals surface area contributed by atoms with Crippen LogP contribution in [0.3, 0.4) is 0 Å². The van der Waals surface area contributed by atoms with Crippen LogP contribution in [0.2, 0.25) is 0 Å². The summed E-state index contributed by atoms with van der Waals surface area (Å²) in [6.07, 6.45) is 0. The molecule has 0 bridgehead atoms. The predicted molar refractivity (Wildman–Crippen MR) is 97.4 cm³/mol. The van der Waals surface area contributed by atoms with Gasteiger partial charge in [0.15, 0.2) is 16.8 Å². The summed E-state index contributed by atoms with van der Waals surface area (Å²) in [4.78, 5) is 3.94. The predicted octanol–water partition coefficient (Wildman–Crippen LogP) is 4.55. The standard InChI is InChI=1S/C17H17F3N4S/c1-3-23-17(22)25-16(21)10-5-6-11(18)14(20)15(10)24-13-7-4-9(2)8-12(13)19/h4-8,21,24H,3H2,1-2H3,(H2,22,23). The molecule has 8 heteroatoms. The molecule has 0 fully saturated rings. The first-order valence-electron chi connectivity index (χ1n) is 7.41. The van der Waals surface area contributed by atoms with Crippen molar-refractivity contribution >= 4 is 33.3 Å². The van der Waals surface area contributed by atoms with Gasteiger partial charge in [0, 0.05) is 12.1 Å². The maximum absolute atomic E-state index is 14.3. The molecule has 0 unspecified atom stereocenters. The van der Waals surface area contributed by atoms with Crippen molar-refractivity contribution in [2.75, 3.05) is 11.9 Å². The van der Waals surface area contributed by atoms with Crippen LogP contribution in [0.25, 0.3) is 0 Å². The van der Waals surface area contributed by atoms with Gasteiger partial charge in [-0.25, -0.2) is 13.2 Å². The molecule has 2 aromatic rings. The van der Waals surface area contributed by atoms with Crippen molar-refractivity contribution in [3.8, 4) is 0 Å². The molecule has 0 aliphatic carbocycles. The Hall–Kier alpha value is -2.48. The first kappa shape index (κ1) is 18.9. The quantitative estimate of drug-likeness (QED) is 0.549. The highest BCUT2D eigenvalue weighted by Gasteiger charge is 2.19. The Balaban J connectivity index is 2.43. The van der Waals surface area contributed by atoms with Crippen molar-refractivity contribution in [3.05, 3.63) is 58.9 Å². The zero-order valence-electron chi connectivity index (χ0n) is 13.7. The smallest absolute Gasteiger partial charge is 0.182 e. The number of hydrogen-bond donors (Lipinski definition) is 3. The SMILES string of the molecule is CCN=C(N)SC(=N)c1ccc(F)c(F)c1Nc1ccc(C)cc1F. The summed E-state index contributed by atoms with van der Waals surface area (Å²) in [5.74, 6) is -2.92. The fraction of sp³-hybridized carbons (Fsp3) is 0.176. The van der Waals surface area contributed by atoms with Gasteiger partial charge in [0.2, 0.25) is 0 Å². The Bertz CT molecular complexity index is 837. The molecule has 0 radical (unpaired) electrons. The first-order chi connectivity index (χ1) is 11.8. The van der Waals surface area contributed by atoms with E-state index in [4.69, 9.17) is 11.1 Å². The van der Waals surface area contributed by atoms with E-state index in [1.807, 2.05) is 0 Å². The molecule has 2 aromatic carbocycles. The van der Waals surface area contributed by atoms with Gasteiger partial charge in [0.25, 0.3) is 0 Å². The number of amidine groups is 1. The maximum Gasteiger partial charge on any atom is 0.182 e. The molecule has 132 valence electrons. The van der Waals surface area contributed by atoms with Crippen LogP contribution in [0.1, 0.15) is 18.1 Å². The molecule has 0 amide bonds. The number of halogens is 3. The second-order valence-corrected chi connectivity index (χ2v) is 6.17. The molecule has 0 aliphatic heterocycles. The minimum atomic E-state index is -1.20. The molecular weight excluding hydrogens is 349 g/mol. The molecule has 4 nitrogen and oxygen atoms in total. The number of nitrogens with two attached hydrogens (primary N) is 1. The summed E-state index contributed by atoms with van der Waals surface area (Å²) in [6.45, 7) is 3.93. The normalized spacial score (nSPS) is 11.5. The zero-order valence-corrected chi connectivity index (χ0v) is 14.5. The number of rotatable bonds is 4. The third-order valence-corrected chi connectivity index (χ3v) is 4.01. The summed E-state index contributed by atoms with van der Waals surface area (Å²) in [5.41, 5.74) is 6.05. The average molecular weight is 366 g/mol. The summed E-state index contributed by atoms with van der Waals surface area (Å²) in [7, 11) is 0. The molecular formula is C17H17F3N4S. The number of nitrogens with one attached hydrogen (secondary N) is 2. The van der Waals surface area contributed by atoms with Crippen molar-refractivity contribution in [2.45, 2.75) is 13.8 Å². The van der Waals surface area contributed by atoms with Gasteiger partial charge in [-0.2, -0.15) is 0 Å². The Morgan fingerprint density at radius 1 is 1.20 bits per heavy atom. The number of thioether (sulfide) groups is 1. The van der Waals surface area contributed by atoms with Crippen molar-refractivity contribution in [2.24, 2.45) is 10.7 Å². The number of aliphatic imine (C=N–C) groups is 1. The minimum absolute atomic E-state index is 0.0238. The Labute approximate surface area is 147 Å².